The van der Waals surface area contributed by atoms with E-state index in [4.69, 9.17) is 0 Å². The lowest BCUT2D eigenvalue weighted by atomic mass is 10.1. The van der Waals surface area contributed by atoms with Crippen molar-refractivity contribution in [3.8, 4) is 0 Å². The minimum atomic E-state index is -1.32. The average Bonchev–Trinajstić information content (AvgIpc) is 2.69. The normalized spacial score (nSPS) is 12.8. The summed E-state index contributed by atoms with van der Waals surface area (Å²) in [4.78, 5) is 0.440. The van der Waals surface area contributed by atoms with Gasteiger partial charge in [0, 0.05) is 16.1 Å². The highest BCUT2D eigenvalue weighted by Crippen LogP contribution is 2.34. The number of benzene rings is 1. The van der Waals surface area contributed by atoms with E-state index in [9.17, 15) is 18.3 Å². The maximum Gasteiger partial charge on any atom is 0.161 e. The molecule has 1 atom stereocenters. The van der Waals surface area contributed by atoms with Crippen molar-refractivity contribution in [2.45, 2.75) is 6.10 Å². The van der Waals surface area contributed by atoms with Crippen LogP contribution in [0.5, 0.6) is 0 Å². The molecule has 1 unspecified atom stereocenters. The largest absolute Gasteiger partial charge is 0.383 e. The molecule has 0 bridgehead atoms. The summed E-state index contributed by atoms with van der Waals surface area (Å²) in [5.41, 5.74) is -0.285. The van der Waals surface area contributed by atoms with E-state index in [2.05, 4.69) is 15.9 Å². The molecule has 1 nitrogen and oxygen atoms in total. The van der Waals surface area contributed by atoms with Gasteiger partial charge in [0.2, 0.25) is 0 Å². The first-order chi connectivity index (χ1) is 8.00. The van der Waals surface area contributed by atoms with Crippen LogP contribution >= 0.6 is 27.3 Å². The molecule has 2 aromatic rings. The predicted molar refractivity (Wildman–Crippen MR) is 62.4 cm³/mol. The van der Waals surface area contributed by atoms with Crippen LogP contribution in [0.4, 0.5) is 13.2 Å². The lowest BCUT2D eigenvalue weighted by Crippen LogP contribution is -2.03. The van der Waals surface area contributed by atoms with Crippen LogP contribution in [0.2, 0.25) is 0 Å². The summed E-state index contributed by atoms with van der Waals surface area (Å²) in [6.07, 6.45) is -1.32. The van der Waals surface area contributed by atoms with Crippen molar-refractivity contribution in [2.75, 3.05) is 0 Å². The molecule has 1 aromatic heterocycles. The Hall–Kier alpha value is -0.850. The van der Waals surface area contributed by atoms with Crippen molar-refractivity contribution in [3.63, 3.8) is 0 Å². The van der Waals surface area contributed by atoms with Gasteiger partial charge in [-0.2, -0.15) is 0 Å². The van der Waals surface area contributed by atoms with E-state index < -0.39 is 23.6 Å². The van der Waals surface area contributed by atoms with Gasteiger partial charge in [0.1, 0.15) is 11.9 Å². The fourth-order valence-electron chi connectivity index (χ4n) is 1.39. The third-order valence-corrected chi connectivity index (χ3v) is 4.15. The van der Waals surface area contributed by atoms with Crippen LogP contribution in [-0.4, -0.2) is 5.11 Å². The highest BCUT2D eigenvalue weighted by atomic mass is 79.9. The van der Waals surface area contributed by atoms with Crippen molar-refractivity contribution < 1.29 is 18.3 Å². The van der Waals surface area contributed by atoms with E-state index in [-0.39, 0.29) is 5.56 Å². The predicted octanol–water partition coefficient (Wildman–Crippen LogP) is 4.01. The second-order valence-electron chi connectivity index (χ2n) is 3.32. The van der Waals surface area contributed by atoms with E-state index in [0.29, 0.717) is 21.5 Å². The Balaban J connectivity index is 2.48. The molecule has 0 aliphatic rings. The standard InChI is InChI=1S/C11H6BrF3OS/c12-6-1-2-17-11(6)10(16)5-3-8(14)9(15)4-7(5)13/h1-4,10,16H. The molecule has 2 rings (SSSR count). The number of aliphatic hydroxyl groups is 1. The molecule has 0 amide bonds. The summed E-state index contributed by atoms with van der Waals surface area (Å²) >= 11 is 4.37. The molecule has 0 fully saturated rings. The number of aliphatic hydroxyl groups excluding tert-OH is 1. The molecular formula is C11H6BrF3OS. The summed E-state index contributed by atoms with van der Waals surface area (Å²) in [5.74, 6) is -3.44. The molecule has 90 valence electrons. The van der Waals surface area contributed by atoms with E-state index in [1.165, 1.54) is 11.3 Å². The topological polar surface area (TPSA) is 20.2 Å². The lowest BCUT2D eigenvalue weighted by Gasteiger charge is -2.11. The zero-order chi connectivity index (χ0) is 12.6. The maximum absolute atomic E-state index is 13.4. The first-order valence-electron chi connectivity index (χ1n) is 4.56. The minimum absolute atomic E-state index is 0.285. The molecule has 0 aliphatic heterocycles. The molecule has 0 saturated heterocycles. The van der Waals surface area contributed by atoms with Crippen molar-refractivity contribution in [1.29, 1.82) is 0 Å². The molecular weight excluding hydrogens is 317 g/mol. The maximum atomic E-state index is 13.4. The van der Waals surface area contributed by atoms with Crippen LogP contribution in [0.15, 0.2) is 28.1 Å². The van der Waals surface area contributed by atoms with Crippen LogP contribution in [0.3, 0.4) is 0 Å². The molecule has 1 heterocycles. The van der Waals surface area contributed by atoms with Crippen molar-refractivity contribution >= 4 is 27.3 Å². The monoisotopic (exact) mass is 322 g/mol. The Bertz CT molecular complexity index is 556. The van der Waals surface area contributed by atoms with Gasteiger partial charge in [-0.25, -0.2) is 13.2 Å². The zero-order valence-corrected chi connectivity index (χ0v) is 10.7. The van der Waals surface area contributed by atoms with Crippen LogP contribution in [0, 0.1) is 17.5 Å². The van der Waals surface area contributed by atoms with Gasteiger partial charge >= 0.3 is 0 Å². The summed E-state index contributed by atoms with van der Waals surface area (Å²) in [6, 6.07) is 2.78. The van der Waals surface area contributed by atoms with Gasteiger partial charge in [0.15, 0.2) is 11.6 Å². The molecule has 0 saturated carbocycles. The van der Waals surface area contributed by atoms with Crippen molar-refractivity contribution in [2.24, 2.45) is 0 Å². The first-order valence-corrected chi connectivity index (χ1v) is 6.23. The molecule has 1 aromatic carbocycles. The van der Waals surface area contributed by atoms with Crippen LogP contribution in [-0.2, 0) is 0 Å². The SMILES string of the molecule is OC(c1cc(F)c(F)cc1F)c1sccc1Br. The zero-order valence-electron chi connectivity index (χ0n) is 8.25. The van der Waals surface area contributed by atoms with Crippen molar-refractivity contribution in [1.82, 2.24) is 0 Å². The fraction of sp³-hybridized carbons (Fsp3) is 0.0909. The highest BCUT2D eigenvalue weighted by Gasteiger charge is 2.21. The number of rotatable bonds is 2. The summed E-state index contributed by atoms with van der Waals surface area (Å²) in [6.45, 7) is 0. The second-order valence-corrected chi connectivity index (χ2v) is 5.13. The van der Waals surface area contributed by atoms with E-state index in [1.807, 2.05) is 0 Å². The van der Waals surface area contributed by atoms with Crippen molar-refractivity contribution in [3.05, 3.63) is 55.9 Å². The Labute approximate surface area is 108 Å². The minimum Gasteiger partial charge on any atom is -0.383 e. The molecule has 17 heavy (non-hydrogen) atoms. The number of hydrogen-bond acceptors (Lipinski definition) is 2. The lowest BCUT2D eigenvalue weighted by molar-refractivity contribution is 0.217. The summed E-state index contributed by atoms with van der Waals surface area (Å²) in [5, 5.41) is 11.6. The fourth-order valence-corrected chi connectivity index (χ4v) is 2.98. The van der Waals surface area contributed by atoms with Gasteiger partial charge in [-0.1, -0.05) is 0 Å². The molecule has 6 heteroatoms. The number of thiophene rings is 1. The second kappa shape index (κ2) is 4.80. The van der Waals surface area contributed by atoms with E-state index in [1.54, 1.807) is 11.4 Å². The van der Waals surface area contributed by atoms with Crippen LogP contribution in [0.25, 0.3) is 0 Å². The van der Waals surface area contributed by atoms with Gasteiger partial charge in [0.25, 0.3) is 0 Å². The molecule has 0 radical (unpaired) electrons. The Morgan fingerprint density at radius 3 is 2.35 bits per heavy atom. The Morgan fingerprint density at radius 1 is 1.12 bits per heavy atom. The summed E-state index contributed by atoms with van der Waals surface area (Å²) < 4.78 is 39.8. The number of halogens is 4. The average molecular weight is 323 g/mol. The third-order valence-electron chi connectivity index (χ3n) is 2.23. The van der Waals surface area contributed by atoms with Gasteiger partial charge in [0.05, 0.1) is 4.88 Å². The first kappa shape index (κ1) is 12.6. The van der Waals surface area contributed by atoms with Crippen LogP contribution in [0.1, 0.15) is 16.5 Å². The summed E-state index contributed by atoms with van der Waals surface area (Å²) in [7, 11) is 0. The van der Waals surface area contributed by atoms with Gasteiger partial charge < -0.3 is 5.11 Å². The molecule has 0 aliphatic carbocycles. The van der Waals surface area contributed by atoms with Gasteiger partial charge in [-0.05, 0) is 33.4 Å². The van der Waals surface area contributed by atoms with Crippen LogP contribution < -0.4 is 0 Å². The molecule has 0 spiro atoms. The molecule has 1 N–H and O–H groups in total. The quantitative estimate of drug-likeness (QED) is 0.828. The van der Waals surface area contributed by atoms with Gasteiger partial charge in [-0.3, -0.25) is 0 Å². The Kier molecular flexibility index (Phi) is 3.56. The number of hydrogen-bond donors (Lipinski definition) is 1. The third kappa shape index (κ3) is 2.38. The van der Waals surface area contributed by atoms with E-state index in [0.717, 1.165) is 0 Å². The Morgan fingerprint density at radius 2 is 1.76 bits per heavy atom. The van der Waals surface area contributed by atoms with E-state index >= 15 is 0 Å². The smallest absolute Gasteiger partial charge is 0.161 e. The van der Waals surface area contributed by atoms with Gasteiger partial charge in [-0.15, -0.1) is 11.3 Å². The highest BCUT2D eigenvalue weighted by molar-refractivity contribution is 9.10.